The van der Waals surface area contributed by atoms with Gasteiger partial charge in [-0.2, -0.15) is 0 Å². The smallest absolute Gasteiger partial charge is 0.0154 e. The Morgan fingerprint density at radius 2 is 0.886 bits per heavy atom. The van der Waals surface area contributed by atoms with Crippen LogP contribution in [0.4, 0.5) is 0 Å². The molecule has 0 saturated heterocycles. The van der Waals surface area contributed by atoms with Crippen LogP contribution < -0.4 is 0 Å². The zero-order valence-corrected chi connectivity index (χ0v) is 24.2. The van der Waals surface area contributed by atoms with Gasteiger partial charge in [-0.25, -0.2) is 0 Å². The Balaban J connectivity index is 1.39. The molecule has 0 spiro atoms. The van der Waals surface area contributed by atoms with E-state index in [0.29, 0.717) is 10.8 Å². The molecule has 0 heterocycles. The fourth-order valence-electron chi connectivity index (χ4n) is 6.75. The lowest BCUT2D eigenvalue weighted by Gasteiger charge is -2.37. The average Bonchev–Trinajstić information content (AvgIpc) is 2.81. The Morgan fingerprint density at radius 1 is 0.543 bits per heavy atom. The molecule has 35 heavy (non-hydrogen) atoms. The summed E-state index contributed by atoms with van der Waals surface area (Å²) in [5.41, 5.74) is 4.07. The molecule has 0 bridgehead atoms. The van der Waals surface area contributed by atoms with Crippen molar-refractivity contribution >= 4 is 11.8 Å². The monoisotopic (exact) mass is 490 g/mol. The van der Waals surface area contributed by atoms with E-state index in [-0.39, 0.29) is 0 Å². The van der Waals surface area contributed by atoms with Crippen LogP contribution in [0.15, 0.2) is 58.3 Å². The maximum atomic E-state index is 2.43. The quantitative estimate of drug-likeness (QED) is 0.388. The lowest BCUT2D eigenvalue weighted by Crippen LogP contribution is -2.26. The van der Waals surface area contributed by atoms with Crippen LogP contribution in [0.1, 0.15) is 104 Å². The normalized spacial score (nSPS) is 26.0. The van der Waals surface area contributed by atoms with Gasteiger partial charge in [0.25, 0.3) is 0 Å². The zero-order chi connectivity index (χ0) is 25.1. The molecule has 0 aliphatic heterocycles. The van der Waals surface area contributed by atoms with Gasteiger partial charge in [0.2, 0.25) is 0 Å². The SMILES string of the molecule is CC(C)(C)C1CCC(Cc2ccccc2Sc2ccccc2CC2CCC(C(C)(C)C)CC2)CC1. The summed E-state index contributed by atoms with van der Waals surface area (Å²) in [4.78, 5) is 2.96. The highest BCUT2D eigenvalue weighted by Gasteiger charge is 2.31. The molecule has 2 aliphatic rings. The van der Waals surface area contributed by atoms with Crippen LogP contribution in [0.2, 0.25) is 0 Å². The predicted molar refractivity (Wildman–Crippen MR) is 154 cm³/mol. The van der Waals surface area contributed by atoms with Gasteiger partial charge in [-0.15, -0.1) is 0 Å². The van der Waals surface area contributed by atoms with Crippen LogP contribution in [0.3, 0.4) is 0 Å². The summed E-state index contributed by atoms with van der Waals surface area (Å²) in [6.07, 6.45) is 13.7. The van der Waals surface area contributed by atoms with Crippen molar-refractivity contribution in [2.45, 2.75) is 116 Å². The summed E-state index contributed by atoms with van der Waals surface area (Å²) in [6, 6.07) is 18.5. The Hall–Kier alpha value is -1.21. The second-order valence-corrected chi connectivity index (χ2v) is 15.0. The van der Waals surface area contributed by atoms with Crippen LogP contribution in [-0.2, 0) is 12.8 Å². The van der Waals surface area contributed by atoms with E-state index in [0.717, 1.165) is 23.7 Å². The molecule has 0 atom stereocenters. The van der Waals surface area contributed by atoms with Crippen LogP contribution in [0.25, 0.3) is 0 Å². The van der Waals surface area contributed by atoms with E-state index in [1.54, 1.807) is 11.1 Å². The first-order valence-corrected chi connectivity index (χ1v) is 15.2. The number of hydrogen-bond donors (Lipinski definition) is 0. The van der Waals surface area contributed by atoms with E-state index in [4.69, 9.17) is 0 Å². The molecular formula is C34H50S. The molecule has 0 aromatic heterocycles. The third-order valence-electron chi connectivity index (χ3n) is 9.33. The highest BCUT2D eigenvalue weighted by molar-refractivity contribution is 7.99. The molecule has 0 N–H and O–H groups in total. The topological polar surface area (TPSA) is 0 Å². The van der Waals surface area contributed by atoms with Crippen molar-refractivity contribution in [2.75, 3.05) is 0 Å². The third-order valence-corrected chi connectivity index (χ3v) is 10.6. The molecule has 1 heteroatoms. The minimum Gasteiger partial charge on any atom is -0.0895 e. The Kier molecular flexibility index (Phi) is 8.78. The van der Waals surface area contributed by atoms with E-state index < -0.39 is 0 Å². The second kappa shape index (κ2) is 11.5. The van der Waals surface area contributed by atoms with Crippen molar-refractivity contribution in [1.29, 1.82) is 0 Å². The van der Waals surface area contributed by atoms with Crippen LogP contribution >= 0.6 is 11.8 Å². The maximum Gasteiger partial charge on any atom is 0.0154 e. The predicted octanol–water partition coefficient (Wildman–Crippen LogP) is 10.6. The van der Waals surface area contributed by atoms with E-state index in [1.807, 2.05) is 11.8 Å². The van der Waals surface area contributed by atoms with Crippen LogP contribution in [0.5, 0.6) is 0 Å². The molecule has 2 fully saturated rings. The van der Waals surface area contributed by atoms with Crippen molar-refractivity contribution in [2.24, 2.45) is 34.5 Å². The van der Waals surface area contributed by atoms with E-state index in [1.165, 1.54) is 74.0 Å². The zero-order valence-electron chi connectivity index (χ0n) is 23.4. The van der Waals surface area contributed by atoms with Gasteiger partial charge >= 0.3 is 0 Å². The highest BCUT2D eigenvalue weighted by atomic mass is 32.2. The first-order valence-electron chi connectivity index (χ1n) is 14.4. The number of benzene rings is 2. The summed E-state index contributed by atoms with van der Waals surface area (Å²) in [5, 5.41) is 0. The van der Waals surface area contributed by atoms with Crippen molar-refractivity contribution in [1.82, 2.24) is 0 Å². The molecule has 0 unspecified atom stereocenters. The van der Waals surface area contributed by atoms with Gasteiger partial charge in [0, 0.05) is 9.79 Å². The summed E-state index contributed by atoms with van der Waals surface area (Å²) in [7, 11) is 0. The summed E-state index contributed by atoms with van der Waals surface area (Å²) >= 11 is 2.03. The average molecular weight is 491 g/mol. The summed E-state index contributed by atoms with van der Waals surface area (Å²) < 4.78 is 0. The lowest BCUT2D eigenvalue weighted by atomic mass is 9.69. The van der Waals surface area contributed by atoms with Crippen molar-refractivity contribution in [3.8, 4) is 0 Å². The minimum atomic E-state index is 0.467. The molecule has 0 radical (unpaired) electrons. The Labute approximate surface area is 221 Å². The molecule has 0 amide bonds. The lowest BCUT2D eigenvalue weighted by molar-refractivity contribution is 0.149. The summed E-state index contributed by atoms with van der Waals surface area (Å²) in [5.74, 6) is 3.50. The second-order valence-electron chi connectivity index (χ2n) is 13.9. The van der Waals surface area contributed by atoms with Crippen molar-refractivity contribution < 1.29 is 0 Å². The minimum absolute atomic E-state index is 0.467. The largest absolute Gasteiger partial charge is 0.0895 e. The van der Waals surface area contributed by atoms with Crippen LogP contribution in [-0.4, -0.2) is 0 Å². The first kappa shape index (κ1) is 26.8. The van der Waals surface area contributed by atoms with Gasteiger partial charge in [0.15, 0.2) is 0 Å². The fraction of sp³-hybridized carbons (Fsp3) is 0.647. The first-order chi connectivity index (χ1) is 16.6. The molecule has 4 rings (SSSR count). The maximum absolute atomic E-state index is 2.43. The van der Waals surface area contributed by atoms with E-state index in [2.05, 4.69) is 90.1 Å². The summed E-state index contributed by atoms with van der Waals surface area (Å²) in [6.45, 7) is 14.6. The van der Waals surface area contributed by atoms with Gasteiger partial charge in [-0.1, -0.05) is 89.7 Å². The van der Waals surface area contributed by atoms with Crippen LogP contribution in [0, 0.1) is 34.5 Å². The molecule has 0 nitrogen and oxygen atoms in total. The van der Waals surface area contributed by atoms with Gasteiger partial charge in [-0.05, 0) is 122 Å². The highest BCUT2D eigenvalue weighted by Crippen LogP contribution is 2.43. The van der Waals surface area contributed by atoms with E-state index >= 15 is 0 Å². The van der Waals surface area contributed by atoms with Gasteiger partial charge in [0.05, 0.1) is 0 Å². The Morgan fingerprint density at radius 3 is 1.23 bits per heavy atom. The fourth-order valence-corrected chi connectivity index (χ4v) is 7.84. The molecule has 192 valence electrons. The molecule has 2 aliphatic carbocycles. The molecule has 2 aromatic rings. The van der Waals surface area contributed by atoms with E-state index in [9.17, 15) is 0 Å². The molecule has 2 aromatic carbocycles. The van der Waals surface area contributed by atoms with Crippen molar-refractivity contribution in [3.05, 3.63) is 59.7 Å². The van der Waals surface area contributed by atoms with Gasteiger partial charge in [0.1, 0.15) is 0 Å². The van der Waals surface area contributed by atoms with Crippen molar-refractivity contribution in [3.63, 3.8) is 0 Å². The number of hydrogen-bond acceptors (Lipinski definition) is 1. The van der Waals surface area contributed by atoms with Gasteiger partial charge in [-0.3, -0.25) is 0 Å². The number of rotatable bonds is 6. The third kappa shape index (κ3) is 7.41. The Bertz CT molecular complexity index is 850. The molecular weight excluding hydrogens is 440 g/mol. The van der Waals surface area contributed by atoms with Gasteiger partial charge < -0.3 is 0 Å². The standard InChI is InChI=1S/C34H50S/c1-33(2,3)29-19-15-25(16-20-29)23-27-11-7-9-13-31(27)35-32-14-10-8-12-28(32)24-26-17-21-30(22-18-26)34(4,5)6/h7-14,25-26,29-30H,15-24H2,1-6H3. The molecule has 2 saturated carbocycles.